The third-order valence-electron chi connectivity index (χ3n) is 3.76. The SMILES string of the molecule is CCNC(=NCCCOCC1CC1)NC(C)c1ccccc1. The average molecular weight is 303 g/mol. The fourth-order valence-electron chi connectivity index (χ4n) is 2.24. The molecule has 1 atom stereocenters. The predicted octanol–water partition coefficient (Wildman–Crippen LogP) is 3.12. The van der Waals surface area contributed by atoms with E-state index in [0.29, 0.717) is 0 Å². The smallest absolute Gasteiger partial charge is 0.191 e. The summed E-state index contributed by atoms with van der Waals surface area (Å²) in [6, 6.07) is 10.7. The largest absolute Gasteiger partial charge is 0.381 e. The number of nitrogens with zero attached hydrogens (tertiary/aromatic N) is 1. The number of hydrogen-bond donors (Lipinski definition) is 2. The molecule has 1 aromatic rings. The maximum atomic E-state index is 5.64. The molecule has 0 saturated heterocycles. The number of ether oxygens (including phenoxy) is 1. The fraction of sp³-hybridized carbons (Fsp3) is 0.611. The first-order chi connectivity index (χ1) is 10.8. The second kappa shape index (κ2) is 9.46. The van der Waals surface area contributed by atoms with E-state index in [1.165, 1.54) is 18.4 Å². The van der Waals surface area contributed by atoms with Crippen molar-refractivity contribution < 1.29 is 4.74 Å². The van der Waals surface area contributed by atoms with Crippen LogP contribution < -0.4 is 10.6 Å². The van der Waals surface area contributed by atoms with Gasteiger partial charge in [-0.1, -0.05) is 30.3 Å². The first-order valence-corrected chi connectivity index (χ1v) is 8.47. The molecule has 22 heavy (non-hydrogen) atoms. The first-order valence-electron chi connectivity index (χ1n) is 8.47. The highest BCUT2D eigenvalue weighted by atomic mass is 16.5. The van der Waals surface area contributed by atoms with Crippen molar-refractivity contribution in [2.24, 2.45) is 10.9 Å². The van der Waals surface area contributed by atoms with Gasteiger partial charge in [0.05, 0.1) is 6.04 Å². The minimum atomic E-state index is 0.241. The van der Waals surface area contributed by atoms with Gasteiger partial charge in [-0.25, -0.2) is 0 Å². The van der Waals surface area contributed by atoms with Gasteiger partial charge in [-0.3, -0.25) is 4.99 Å². The van der Waals surface area contributed by atoms with Gasteiger partial charge in [0.2, 0.25) is 0 Å². The molecule has 0 bridgehead atoms. The molecule has 1 aromatic carbocycles. The lowest BCUT2D eigenvalue weighted by atomic mass is 10.1. The van der Waals surface area contributed by atoms with Crippen LogP contribution in [-0.2, 0) is 4.74 Å². The highest BCUT2D eigenvalue weighted by Gasteiger charge is 2.20. The summed E-state index contributed by atoms with van der Waals surface area (Å²) in [5.41, 5.74) is 1.26. The summed E-state index contributed by atoms with van der Waals surface area (Å²) in [5, 5.41) is 6.75. The van der Waals surface area contributed by atoms with E-state index in [4.69, 9.17) is 4.74 Å². The topological polar surface area (TPSA) is 45.7 Å². The molecule has 122 valence electrons. The lowest BCUT2D eigenvalue weighted by molar-refractivity contribution is 0.123. The third-order valence-corrected chi connectivity index (χ3v) is 3.76. The molecule has 4 heteroatoms. The number of aliphatic imine (C=N–C) groups is 1. The Morgan fingerprint density at radius 3 is 2.77 bits per heavy atom. The highest BCUT2D eigenvalue weighted by molar-refractivity contribution is 5.80. The Morgan fingerprint density at radius 1 is 1.32 bits per heavy atom. The zero-order chi connectivity index (χ0) is 15.6. The van der Waals surface area contributed by atoms with Gasteiger partial charge >= 0.3 is 0 Å². The molecule has 0 aromatic heterocycles. The van der Waals surface area contributed by atoms with E-state index in [-0.39, 0.29) is 6.04 Å². The van der Waals surface area contributed by atoms with Gasteiger partial charge in [-0.2, -0.15) is 0 Å². The molecule has 1 aliphatic rings. The zero-order valence-corrected chi connectivity index (χ0v) is 13.8. The minimum Gasteiger partial charge on any atom is -0.381 e. The molecule has 1 aliphatic carbocycles. The van der Waals surface area contributed by atoms with E-state index in [2.05, 4.69) is 53.7 Å². The maximum Gasteiger partial charge on any atom is 0.191 e. The molecule has 1 fully saturated rings. The lowest BCUT2D eigenvalue weighted by Gasteiger charge is -2.18. The fourth-order valence-corrected chi connectivity index (χ4v) is 2.24. The van der Waals surface area contributed by atoms with Crippen LogP contribution in [0.4, 0.5) is 0 Å². The van der Waals surface area contributed by atoms with Crippen LogP contribution in [0.1, 0.15) is 44.7 Å². The van der Waals surface area contributed by atoms with Crippen molar-refractivity contribution in [1.29, 1.82) is 0 Å². The van der Waals surface area contributed by atoms with Gasteiger partial charge < -0.3 is 15.4 Å². The van der Waals surface area contributed by atoms with Gasteiger partial charge in [0, 0.05) is 26.3 Å². The van der Waals surface area contributed by atoms with Crippen LogP contribution in [-0.4, -0.2) is 32.3 Å². The van der Waals surface area contributed by atoms with Crippen LogP contribution in [0.15, 0.2) is 35.3 Å². The van der Waals surface area contributed by atoms with Crippen molar-refractivity contribution >= 4 is 5.96 Å². The van der Waals surface area contributed by atoms with Crippen molar-refractivity contribution in [3.8, 4) is 0 Å². The Labute approximate surface area is 134 Å². The number of rotatable bonds is 9. The van der Waals surface area contributed by atoms with E-state index in [9.17, 15) is 0 Å². The van der Waals surface area contributed by atoms with Crippen LogP contribution >= 0.6 is 0 Å². The molecule has 0 heterocycles. The van der Waals surface area contributed by atoms with E-state index in [1.807, 2.05) is 6.07 Å². The van der Waals surface area contributed by atoms with Crippen molar-refractivity contribution in [3.63, 3.8) is 0 Å². The predicted molar refractivity (Wildman–Crippen MR) is 92.1 cm³/mol. The van der Waals surface area contributed by atoms with Gasteiger partial charge in [0.1, 0.15) is 0 Å². The average Bonchev–Trinajstić information content (AvgIpc) is 3.36. The number of benzene rings is 1. The number of guanidine groups is 1. The highest BCUT2D eigenvalue weighted by Crippen LogP contribution is 2.28. The first kappa shape index (κ1) is 16.8. The van der Waals surface area contributed by atoms with Crippen molar-refractivity contribution in [2.75, 3.05) is 26.3 Å². The summed E-state index contributed by atoms with van der Waals surface area (Å²) in [6.07, 6.45) is 3.68. The Bertz CT molecular complexity index is 443. The summed E-state index contributed by atoms with van der Waals surface area (Å²) in [5.74, 6) is 1.72. The standard InChI is InChI=1S/C18H29N3O/c1-3-19-18(20-12-7-13-22-14-16-10-11-16)21-15(2)17-8-5-4-6-9-17/h4-6,8-9,15-16H,3,7,10-14H2,1-2H3,(H2,19,20,21). The van der Waals surface area contributed by atoms with Gasteiger partial charge in [0.25, 0.3) is 0 Å². The van der Waals surface area contributed by atoms with E-state index in [1.54, 1.807) is 0 Å². The Kier molecular flexibility index (Phi) is 7.23. The number of hydrogen-bond acceptors (Lipinski definition) is 2. The van der Waals surface area contributed by atoms with Crippen LogP contribution in [0.2, 0.25) is 0 Å². The summed E-state index contributed by atoms with van der Waals surface area (Å²) in [4.78, 5) is 4.63. The summed E-state index contributed by atoms with van der Waals surface area (Å²) in [6.45, 7) is 7.65. The Balaban J connectivity index is 1.71. The Morgan fingerprint density at radius 2 is 2.09 bits per heavy atom. The summed E-state index contributed by atoms with van der Waals surface area (Å²) in [7, 11) is 0. The molecule has 0 amide bonds. The van der Waals surface area contributed by atoms with Crippen LogP contribution in [0.3, 0.4) is 0 Å². The Hall–Kier alpha value is -1.55. The molecule has 0 radical (unpaired) electrons. The van der Waals surface area contributed by atoms with Crippen molar-refractivity contribution in [1.82, 2.24) is 10.6 Å². The second-order valence-electron chi connectivity index (χ2n) is 5.91. The van der Waals surface area contributed by atoms with Gasteiger partial charge in [-0.15, -0.1) is 0 Å². The number of nitrogens with one attached hydrogen (secondary N) is 2. The molecular formula is C18H29N3O. The van der Waals surface area contributed by atoms with E-state index in [0.717, 1.165) is 44.6 Å². The quantitative estimate of drug-likeness (QED) is 0.418. The van der Waals surface area contributed by atoms with Gasteiger partial charge in [0.15, 0.2) is 5.96 Å². The van der Waals surface area contributed by atoms with Crippen molar-refractivity contribution in [2.45, 2.75) is 39.2 Å². The lowest BCUT2D eigenvalue weighted by Crippen LogP contribution is -2.38. The van der Waals surface area contributed by atoms with E-state index >= 15 is 0 Å². The second-order valence-corrected chi connectivity index (χ2v) is 5.91. The van der Waals surface area contributed by atoms with Crippen molar-refractivity contribution in [3.05, 3.63) is 35.9 Å². The molecule has 1 saturated carbocycles. The molecule has 2 N–H and O–H groups in total. The monoisotopic (exact) mass is 303 g/mol. The molecule has 1 unspecified atom stereocenters. The molecule has 0 spiro atoms. The van der Waals surface area contributed by atoms with Crippen LogP contribution in [0.25, 0.3) is 0 Å². The van der Waals surface area contributed by atoms with Crippen LogP contribution in [0.5, 0.6) is 0 Å². The zero-order valence-electron chi connectivity index (χ0n) is 13.8. The third kappa shape index (κ3) is 6.48. The normalized spacial score (nSPS) is 16.4. The summed E-state index contributed by atoms with van der Waals surface area (Å²) < 4.78 is 5.64. The maximum absolute atomic E-state index is 5.64. The minimum absolute atomic E-state index is 0.241. The molecule has 4 nitrogen and oxygen atoms in total. The molecule has 0 aliphatic heterocycles. The van der Waals surface area contributed by atoms with Crippen LogP contribution in [0, 0.1) is 5.92 Å². The molecule has 2 rings (SSSR count). The molecular weight excluding hydrogens is 274 g/mol. The van der Waals surface area contributed by atoms with E-state index < -0.39 is 0 Å². The van der Waals surface area contributed by atoms with Gasteiger partial charge in [-0.05, 0) is 44.6 Å². The summed E-state index contributed by atoms with van der Waals surface area (Å²) >= 11 is 0.